The Kier molecular flexibility index (Phi) is 3.59. The molecule has 0 fully saturated rings. The quantitative estimate of drug-likeness (QED) is 0.529. The fourth-order valence-corrected chi connectivity index (χ4v) is 2.53. The zero-order valence-corrected chi connectivity index (χ0v) is 13.0. The van der Waals surface area contributed by atoms with Crippen molar-refractivity contribution in [1.82, 2.24) is 19.9 Å². The molecule has 0 bridgehead atoms. The zero-order valence-electron chi connectivity index (χ0n) is 13.0. The Morgan fingerprint density at radius 2 is 1.92 bits per heavy atom. The number of aromatic nitrogens is 4. The van der Waals surface area contributed by atoms with Gasteiger partial charge in [0.25, 0.3) is 0 Å². The van der Waals surface area contributed by atoms with Gasteiger partial charge in [-0.1, -0.05) is 6.07 Å². The minimum Gasteiger partial charge on any atom is -0.477 e. The van der Waals surface area contributed by atoms with Gasteiger partial charge in [-0.3, -0.25) is 4.98 Å². The van der Waals surface area contributed by atoms with E-state index in [0.29, 0.717) is 11.6 Å². The molecule has 0 saturated heterocycles. The van der Waals surface area contributed by atoms with Gasteiger partial charge in [0.05, 0.1) is 11.4 Å². The highest BCUT2D eigenvalue weighted by Crippen LogP contribution is 2.23. The smallest absolute Gasteiger partial charge is 0.352 e. The van der Waals surface area contributed by atoms with E-state index in [1.165, 1.54) is 0 Å². The zero-order chi connectivity index (χ0) is 17.2. The number of anilines is 2. The molecular formula is C18H13N5O2. The molecule has 0 aliphatic heterocycles. The van der Waals surface area contributed by atoms with E-state index in [1.54, 1.807) is 24.5 Å². The lowest BCUT2D eigenvalue weighted by Gasteiger charge is -2.06. The molecule has 0 radical (unpaired) electrons. The molecule has 7 nitrogen and oxygen atoms in total. The normalized spacial score (nSPS) is 10.7. The molecule has 0 spiro atoms. The first-order chi connectivity index (χ1) is 12.2. The van der Waals surface area contributed by atoms with Gasteiger partial charge in [0.1, 0.15) is 5.69 Å². The minimum absolute atomic E-state index is 0.153. The molecule has 0 unspecified atom stereocenters. The third kappa shape index (κ3) is 3.02. The lowest BCUT2D eigenvalue weighted by atomic mass is 10.2. The molecule has 3 heterocycles. The summed E-state index contributed by atoms with van der Waals surface area (Å²) >= 11 is 0. The number of nitrogens with one attached hydrogen (secondary N) is 2. The summed E-state index contributed by atoms with van der Waals surface area (Å²) in [5.74, 6) is -0.548. The van der Waals surface area contributed by atoms with E-state index in [9.17, 15) is 4.79 Å². The molecule has 1 aromatic carbocycles. The number of fused-ring (bicyclic) bond motifs is 1. The maximum atomic E-state index is 11.0. The molecule has 0 saturated carbocycles. The van der Waals surface area contributed by atoms with Crippen molar-refractivity contribution in [3.63, 3.8) is 0 Å². The van der Waals surface area contributed by atoms with Gasteiger partial charge in [-0.15, -0.1) is 0 Å². The van der Waals surface area contributed by atoms with Crippen LogP contribution in [-0.2, 0) is 0 Å². The van der Waals surface area contributed by atoms with Gasteiger partial charge in [0, 0.05) is 29.0 Å². The summed E-state index contributed by atoms with van der Waals surface area (Å²) in [6, 6.07) is 14.5. The van der Waals surface area contributed by atoms with E-state index in [-0.39, 0.29) is 5.69 Å². The van der Waals surface area contributed by atoms with Crippen molar-refractivity contribution in [2.75, 3.05) is 5.32 Å². The van der Waals surface area contributed by atoms with Crippen LogP contribution in [0.4, 0.5) is 11.6 Å². The van der Waals surface area contributed by atoms with E-state index < -0.39 is 5.97 Å². The molecule has 122 valence electrons. The molecule has 25 heavy (non-hydrogen) atoms. The number of rotatable bonds is 4. The first-order valence-corrected chi connectivity index (χ1v) is 7.56. The molecule has 0 atom stereocenters. The summed E-state index contributed by atoms with van der Waals surface area (Å²) in [5.41, 5.74) is 3.15. The van der Waals surface area contributed by atoms with Gasteiger partial charge in [-0.05, 0) is 42.5 Å². The summed E-state index contributed by atoms with van der Waals surface area (Å²) in [4.78, 5) is 26.9. The van der Waals surface area contributed by atoms with Crippen LogP contribution in [-0.4, -0.2) is 31.0 Å². The lowest BCUT2D eigenvalue weighted by Crippen LogP contribution is -1.98. The van der Waals surface area contributed by atoms with Gasteiger partial charge in [0.2, 0.25) is 5.95 Å². The fourth-order valence-electron chi connectivity index (χ4n) is 2.53. The Labute approximate surface area is 142 Å². The maximum Gasteiger partial charge on any atom is 0.352 e. The van der Waals surface area contributed by atoms with Crippen molar-refractivity contribution in [1.29, 1.82) is 0 Å². The van der Waals surface area contributed by atoms with Crippen LogP contribution in [0.1, 0.15) is 10.5 Å². The van der Waals surface area contributed by atoms with E-state index in [4.69, 9.17) is 5.11 Å². The van der Waals surface area contributed by atoms with Gasteiger partial charge in [-0.2, -0.15) is 0 Å². The minimum atomic E-state index is -0.989. The first kappa shape index (κ1) is 14.8. The van der Waals surface area contributed by atoms with Crippen molar-refractivity contribution in [3.8, 4) is 11.4 Å². The number of hydrogen-bond acceptors (Lipinski definition) is 5. The fraction of sp³-hybridized carbons (Fsp3) is 0. The molecule has 3 aromatic heterocycles. The molecule has 0 aliphatic rings. The predicted molar refractivity (Wildman–Crippen MR) is 93.8 cm³/mol. The largest absolute Gasteiger partial charge is 0.477 e. The topological polar surface area (TPSA) is 104 Å². The summed E-state index contributed by atoms with van der Waals surface area (Å²) in [6.45, 7) is 0. The Bertz CT molecular complexity index is 1060. The van der Waals surface area contributed by atoms with Crippen molar-refractivity contribution in [3.05, 3.63) is 66.6 Å². The number of H-pyrrole nitrogens is 1. The van der Waals surface area contributed by atoms with Crippen molar-refractivity contribution in [2.45, 2.75) is 0 Å². The number of carboxylic acid groups (broad SMARTS) is 1. The molecule has 4 aromatic rings. The van der Waals surface area contributed by atoms with Crippen molar-refractivity contribution >= 4 is 28.5 Å². The molecule has 4 rings (SSSR count). The highest BCUT2D eigenvalue weighted by molar-refractivity contribution is 5.94. The Morgan fingerprint density at radius 3 is 2.72 bits per heavy atom. The second kappa shape index (κ2) is 6.04. The van der Waals surface area contributed by atoms with Crippen LogP contribution >= 0.6 is 0 Å². The van der Waals surface area contributed by atoms with Crippen LogP contribution < -0.4 is 5.32 Å². The summed E-state index contributed by atoms with van der Waals surface area (Å²) in [6.07, 6.45) is 3.38. The first-order valence-electron chi connectivity index (χ1n) is 7.56. The number of hydrogen-bond donors (Lipinski definition) is 3. The summed E-state index contributed by atoms with van der Waals surface area (Å²) < 4.78 is 0. The number of aromatic carboxylic acids is 1. The van der Waals surface area contributed by atoms with E-state index in [2.05, 4.69) is 25.3 Å². The second-order valence-corrected chi connectivity index (χ2v) is 5.40. The maximum absolute atomic E-state index is 11.0. The van der Waals surface area contributed by atoms with Crippen LogP contribution in [0, 0.1) is 0 Å². The molecule has 3 N–H and O–H groups in total. The van der Waals surface area contributed by atoms with Gasteiger partial charge >= 0.3 is 5.97 Å². The number of carbonyl (C=O) groups is 1. The van der Waals surface area contributed by atoms with E-state index in [0.717, 1.165) is 22.3 Å². The monoisotopic (exact) mass is 331 g/mol. The number of nitrogens with zero attached hydrogens (tertiary/aromatic N) is 3. The van der Waals surface area contributed by atoms with Crippen LogP contribution in [0.2, 0.25) is 0 Å². The third-order valence-corrected chi connectivity index (χ3v) is 3.69. The van der Waals surface area contributed by atoms with Crippen LogP contribution in [0.3, 0.4) is 0 Å². The molecule has 0 aliphatic carbocycles. The second-order valence-electron chi connectivity index (χ2n) is 5.40. The van der Waals surface area contributed by atoms with E-state index in [1.807, 2.05) is 36.4 Å². The average Bonchev–Trinajstić information content (AvgIpc) is 3.06. The number of aromatic amines is 1. The Morgan fingerprint density at radius 1 is 1.00 bits per heavy atom. The Balaban J connectivity index is 1.64. The number of pyridine rings is 1. The Hall–Kier alpha value is -3.74. The van der Waals surface area contributed by atoms with E-state index >= 15 is 0 Å². The van der Waals surface area contributed by atoms with Crippen molar-refractivity contribution in [2.24, 2.45) is 0 Å². The summed E-state index contributed by atoms with van der Waals surface area (Å²) in [7, 11) is 0. The predicted octanol–water partition coefficient (Wildman–Crippen LogP) is 3.46. The third-order valence-electron chi connectivity index (χ3n) is 3.69. The molecule has 0 amide bonds. The highest BCUT2D eigenvalue weighted by atomic mass is 16.4. The number of benzene rings is 1. The van der Waals surface area contributed by atoms with Gasteiger partial charge in [-0.25, -0.2) is 14.8 Å². The van der Waals surface area contributed by atoms with Crippen LogP contribution in [0.15, 0.2) is 60.9 Å². The van der Waals surface area contributed by atoms with Gasteiger partial charge < -0.3 is 15.4 Å². The standard InChI is InChI=1S/C18H13N5O2/c24-17(25)16-10-11-9-12(4-5-13(11)22-16)21-18-20-8-6-15(23-18)14-3-1-2-7-19-14/h1-10,22H,(H,24,25)(H,20,21,23). The lowest BCUT2D eigenvalue weighted by molar-refractivity contribution is 0.0691. The van der Waals surface area contributed by atoms with Crippen LogP contribution in [0.25, 0.3) is 22.3 Å². The highest BCUT2D eigenvalue weighted by Gasteiger charge is 2.08. The SMILES string of the molecule is O=C(O)c1cc2cc(Nc3nccc(-c4ccccn4)n3)ccc2[nH]1. The van der Waals surface area contributed by atoms with Crippen molar-refractivity contribution < 1.29 is 9.90 Å². The molecular weight excluding hydrogens is 318 g/mol. The van der Waals surface area contributed by atoms with Crippen LogP contribution in [0.5, 0.6) is 0 Å². The van der Waals surface area contributed by atoms with Gasteiger partial charge in [0.15, 0.2) is 0 Å². The number of carboxylic acids is 1. The molecule has 7 heteroatoms. The summed E-state index contributed by atoms with van der Waals surface area (Å²) in [5, 5.41) is 13.0. The average molecular weight is 331 g/mol.